The van der Waals surface area contributed by atoms with Crippen molar-refractivity contribution >= 4 is 32.6 Å². The Kier molecular flexibility index (Phi) is 6.31. The van der Waals surface area contributed by atoms with Crippen molar-refractivity contribution in [2.45, 2.75) is 81.5 Å². The van der Waals surface area contributed by atoms with Crippen LogP contribution in [0.5, 0.6) is 0 Å². The van der Waals surface area contributed by atoms with Crippen LogP contribution in [0, 0.1) is 5.92 Å². The zero-order chi connectivity index (χ0) is 23.8. The highest BCUT2D eigenvalue weighted by Crippen LogP contribution is 2.33. The highest BCUT2D eigenvalue weighted by molar-refractivity contribution is 7.91. The number of imidazole rings is 1. The molecule has 2 aromatic heterocycles. The van der Waals surface area contributed by atoms with Crippen LogP contribution in [-0.2, 0) is 26.6 Å². The maximum absolute atomic E-state index is 13.3. The zero-order valence-corrected chi connectivity index (χ0v) is 20.6. The largest absolute Gasteiger partial charge is 0.327 e. The molecule has 176 valence electrons. The molecule has 4 rings (SSSR count). The molecule has 7 nitrogen and oxygen atoms in total. The lowest BCUT2D eigenvalue weighted by Gasteiger charge is -2.26. The molecule has 33 heavy (non-hydrogen) atoms. The number of rotatable bonds is 5. The molecule has 2 heterocycles. The van der Waals surface area contributed by atoms with Crippen molar-refractivity contribution in [1.82, 2.24) is 14.5 Å². The van der Waals surface area contributed by atoms with Crippen molar-refractivity contribution < 1.29 is 13.2 Å². The second-order valence-corrected chi connectivity index (χ2v) is 12.0. The van der Waals surface area contributed by atoms with E-state index >= 15 is 0 Å². The number of nitrogens with zero attached hydrogens (tertiary/aromatic N) is 3. The molecule has 1 aliphatic rings. The van der Waals surface area contributed by atoms with Crippen molar-refractivity contribution in [2.75, 3.05) is 5.32 Å². The van der Waals surface area contributed by atoms with Crippen molar-refractivity contribution in [3.8, 4) is 0 Å². The Morgan fingerprint density at radius 2 is 1.79 bits per heavy atom. The number of pyridine rings is 1. The Hall–Kier alpha value is -2.74. The van der Waals surface area contributed by atoms with Crippen LogP contribution in [0.2, 0.25) is 0 Å². The summed E-state index contributed by atoms with van der Waals surface area (Å²) < 4.78 is 29.0. The smallest absolute Gasteiger partial charge is 0.222 e. The van der Waals surface area contributed by atoms with Gasteiger partial charge >= 0.3 is 0 Å². The third-order valence-corrected chi connectivity index (χ3v) is 7.96. The van der Waals surface area contributed by atoms with Gasteiger partial charge in [0.1, 0.15) is 11.6 Å². The van der Waals surface area contributed by atoms with Gasteiger partial charge < -0.3 is 9.88 Å². The third-order valence-electron chi connectivity index (χ3n) is 6.21. The maximum atomic E-state index is 13.3. The first-order valence-corrected chi connectivity index (χ1v) is 13.0. The van der Waals surface area contributed by atoms with Crippen LogP contribution >= 0.6 is 0 Å². The van der Waals surface area contributed by atoms with Gasteiger partial charge in [0.15, 0.2) is 0 Å². The first kappa shape index (κ1) is 23.4. The molecular formula is C25H32N4O3S. The molecule has 0 spiro atoms. The summed E-state index contributed by atoms with van der Waals surface area (Å²) in [6.45, 7) is 8.70. The van der Waals surface area contributed by atoms with Gasteiger partial charge in [-0.05, 0) is 49.1 Å². The van der Waals surface area contributed by atoms with E-state index in [9.17, 15) is 13.2 Å². The van der Waals surface area contributed by atoms with E-state index in [0.29, 0.717) is 11.4 Å². The highest BCUT2D eigenvalue weighted by atomic mass is 32.2. The monoisotopic (exact) mass is 468 g/mol. The molecule has 0 unspecified atom stereocenters. The van der Waals surface area contributed by atoms with E-state index in [1.807, 2.05) is 6.07 Å². The normalized spacial score (nSPS) is 15.6. The Morgan fingerprint density at radius 1 is 1.09 bits per heavy atom. The molecule has 1 aliphatic carbocycles. The number of carbonyl (C=O) groups is 1. The Bertz CT molecular complexity index is 1280. The van der Waals surface area contributed by atoms with E-state index in [-0.39, 0.29) is 26.9 Å². The lowest BCUT2D eigenvalue weighted by atomic mass is 9.88. The lowest BCUT2D eigenvalue weighted by Crippen LogP contribution is -2.22. The number of hydrogen-bond donors (Lipinski definition) is 1. The number of benzene rings is 1. The molecule has 1 N–H and O–H groups in total. The first-order valence-electron chi connectivity index (χ1n) is 11.6. The standard InChI is InChI=1S/C25H32N4O3S/c1-17(30)27-23-15-20(12-13-26-23)33(31,32)19-10-11-22-21(14-19)28-24(25(2,3)4)29(22)16-18-8-6-5-7-9-18/h10-15,18H,5-9,16H2,1-4H3,(H,26,27,30). The quantitative estimate of drug-likeness (QED) is 0.562. The summed E-state index contributed by atoms with van der Waals surface area (Å²) in [5.41, 5.74) is 1.50. The molecule has 1 amide bonds. The third kappa shape index (κ3) is 4.95. The summed E-state index contributed by atoms with van der Waals surface area (Å²) in [4.78, 5) is 20.5. The second kappa shape index (κ2) is 8.89. The topological polar surface area (TPSA) is 94.0 Å². The van der Waals surface area contributed by atoms with Gasteiger partial charge in [0.05, 0.1) is 20.8 Å². The molecular weight excluding hydrogens is 436 g/mol. The van der Waals surface area contributed by atoms with Crippen LogP contribution in [0.3, 0.4) is 0 Å². The fourth-order valence-electron chi connectivity index (χ4n) is 4.63. The predicted octanol–water partition coefficient (Wildman–Crippen LogP) is 5.10. The number of amides is 1. The predicted molar refractivity (Wildman–Crippen MR) is 129 cm³/mol. The van der Waals surface area contributed by atoms with E-state index in [2.05, 4.69) is 35.6 Å². The van der Waals surface area contributed by atoms with Gasteiger partial charge in [0, 0.05) is 25.1 Å². The molecule has 1 saturated carbocycles. The molecule has 8 heteroatoms. The van der Waals surface area contributed by atoms with Crippen LogP contribution in [0.15, 0.2) is 46.3 Å². The first-order chi connectivity index (χ1) is 15.6. The lowest BCUT2D eigenvalue weighted by molar-refractivity contribution is -0.114. The van der Waals surface area contributed by atoms with Crippen molar-refractivity contribution in [1.29, 1.82) is 0 Å². The minimum atomic E-state index is -3.80. The average molecular weight is 469 g/mol. The van der Waals surface area contributed by atoms with Gasteiger partial charge in [-0.15, -0.1) is 0 Å². The van der Waals surface area contributed by atoms with Gasteiger partial charge in [-0.3, -0.25) is 4.79 Å². The van der Waals surface area contributed by atoms with Crippen LogP contribution < -0.4 is 5.32 Å². The number of nitrogens with one attached hydrogen (secondary N) is 1. The molecule has 0 atom stereocenters. The van der Waals surface area contributed by atoms with E-state index < -0.39 is 9.84 Å². The number of anilines is 1. The minimum Gasteiger partial charge on any atom is -0.327 e. The Morgan fingerprint density at radius 3 is 2.45 bits per heavy atom. The summed E-state index contributed by atoms with van der Waals surface area (Å²) in [7, 11) is -3.80. The summed E-state index contributed by atoms with van der Waals surface area (Å²) in [5, 5.41) is 2.53. The van der Waals surface area contributed by atoms with Gasteiger partial charge in [0.25, 0.3) is 0 Å². The maximum Gasteiger partial charge on any atom is 0.222 e. The summed E-state index contributed by atoms with van der Waals surface area (Å²) in [5.74, 6) is 1.51. The molecule has 1 fully saturated rings. The SMILES string of the molecule is CC(=O)Nc1cc(S(=O)(=O)c2ccc3c(c2)nc(C(C)(C)C)n3CC2CCCCC2)ccn1. The highest BCUT2D eigenvalue weighted by Gasteiger charge is 2.27. The van der Waals surface area contributed by atoms with E-state index in [1.54, 1.807) is 12.1 Å². The van der Waals surface area contributed by atoms with Crippen molar-refractivity contribution in [3.05, 3.63) is 42.4 Å². The van der Waals surface area contributed by atoms with E-state index in [4.69, 9.17) is 4.98 Å². The fraction of sp³-hybridized carbons (Fsp3) is 0.480. The fourth-order valence-corrected chi connectivity index (χ4v) is 5.92. The number of hydrogen-bond acceptors (Lipinski definition) is 5. The number of sulfone groups is 1. The summed E-state index contributed by atoms with van der Waals surface area (Å²) >= 11 is 0. The van der Waals surface area contributed by atoms with Crippen LogP contribution in [-0.4, -0.2) is 28.9 Å². The van der Waals surface area contributed by atoms with Crippen LogP contribution in [0.4, 0.5) is 5.82 Å². The summed E-state index contributed by atoms with van der Waals surface area (Å²) in [6, 6.07) is 8.01. The molecule has 0 aliphatic heterocycles. The van der Waals surface area contributed by atoms with Crippen LogP contribution in [0.25, 0.3) is 11.0 Å². The molecule has 0 saturated heterocycles. The van der Waals surface area contributed by atoms with Crippen LogP contribution in [0.1, 0.15) is 65.6 Å². The van der Waals surface area contributed by atoms with E-state index in [0.717, 1.165) is 17.9 Å². The molecule has 0 bridgehead atoms. The number of fused-ring (bicyclic) bond motifs is 1. The van der Waals surface area contributed by atoms with Crippen molar-refractivity contribution in [2.24, 2.45) is 5.92 Å². The number of aromatic nitrogens is 3. The Labute approximate surface area is 195 Å². The second-order valence-electron chi connectivity index (χ2n) is 10.0. The summed E-state index contributed by atoms with van der Waals surface area (Å²) in [6.07, 6.45) is 7.71. The Balaban J connectivity index is 1.75. The van der Waals surface area contributed by atoms with Gasteiger partial charge in [-0.1, -0.05) is 40.0 Å². The average Bonchev–Trinajstić information content (AvgIpc) is 3.12. The van der Waals surface area contributed by atoms with Gasteiger partial charge in [-0.2, -0.15) is 0 Å². The minimum absolute atomic E-state index is 0.0817. The molecule has 1 aromatic carbocycles. The van der Waals surface area contributed by atoms with Gasteiger partial charge in [-0.25, -0.2) is 18.4 Å². The van der Waals surface area contributed by atoms with E-state index in [1.165, 1.54) is 57.4 Å². The zero-order valence-electron chi connectivity index (χ0n) is 19.8. The molecule has 0 radical (unpaired) electrons. The molecule has 3 aromatic rings. The van der Waals surface area contributed by atoms with Crippen molar-refractivity contribution in [3.63, 3.8) is 0 Å². The van der Waals surface area contributed by atoms with Gasteiger partial charge in [0.2, 0.25) is 15.7 Å². The number of carbonyl (C=O) groups excluding carboxylic acids is 1.